The van der Waals surface area contributed by atoms with E-state index in [1.54, 1.807) is 20.3 Å². The fourth-order valence-electron chi connectivity index (χ4n) is 4.58. The minimum Gasteiger partial charge on any atom is -0.497 e. The molecule has 4 nitrogen and oxygen atoms in total. The Kier molecular flexibility index (Phi) is 8.11. The average Bonchev–Trinajstić information content (AvgIpc) is 2.88. The average molecular weight is 439 g/mol. The Hall–Kier alpha value is -3.76. The summed E-state index contributed by atoms with van der Waals surface area (Å²) in [5.41, 5.74) is 1.92. The largest absolute Gasteiger partial charge is 0.497 e. The van der Waals surface area contributed by atoms with E-state index in [0.29, 0.717) is 6.42 Å². The Bertz CT molecular complexity index is 1070. The van der Waals surface area contributed by atoms with Gasteiger partial charge in [0.05, 0.1) is 26.4 Å². The number of ether oxygens (including phenoxy) is 2. The summed E-state index contributed by atoms with van der Waals surface area (Å²) in [5.74, 6) is 1.66. The van der Waals surface area contributed by atoms with Crippen molar-refractivity contribution in [2.75, 3.05) is 14.2 Å². The van der Waals surface area contributed by atoms with Crippen LogP contribution in [0.4, 0.5) is 0 Å². The topological polar surface area (TPSA) is 66.0 Å². The molecule has 0 spiro atoms. The molecule has 4 heteroatoms. The SMILES string of the molecule is C=CCC(C#N)(C#N)C1=CCCCC1[C@@H](/C=C/c1ccc(OC)cc1)c1ccc(OC)cc1. The maximum atomic E-state index is 10.0. The molecule has 2 atom stereocenters. The van der Waals surface area contributed by atoms with Gasteiger partial charge in [-0.2, -0.15) is 10.5 Å². The maximum Gasteiger partial charge on any atom is 0.168 e. The lowest BCUT2D eigenvalue weighted by Crippen LogP contribution is -2.29. The normalized spacial score (nSPS) is 16.8. The highest BCUT2D eigenvalue weighted by atomic mass is 16.5. The summed E-state index contributed by atoms with van der Waals surface area (Å²) in [7, 11) is 3.31. The summed E-state index contributed by atoms with van der Waals surface area (Å²) < 4.78 is 10.6. The molecule has 1 aliphatic carbocycles. The molecular formula is C29H30N2O2. The highest BCUT2D eigenvalue weighted by Gasteiger charge is 2.41. The van der Waals surface area contributed by atoms with Crippen LogP contribution in [0.15, 0.2) is 78.9 Å². The first-order valence-electron chi connectivity index (χ1n) is 11.2. The van der Waals surface area contributed by atoms with Crippen molar-refractivity contribution in [3.8, 4) is 23.6 Å². The molecule has 0 bridgehead atoms. The molecule has 1 unspecified atom stereocenters. The third-order valence-corrected chi connectivity index (χ3v) is 6.35. The fraction of sp³-hybridized carbons (Fsp3) is 0.310. The molecule has 1 aliphatic rings. The second-order valence-electron chi connectivity index (χ2n) is 8.25. The van der Waals surface area contributed by atoms with E-state index in [4.69, 9.17) is 9.47 Å². The van der Waals surface area contributed by atoms with Crippen molar-refractivity contribution in [2.24, 2.45) is 11.3 Å². The Morgan fingerprint density at radius 3 is 2.18 bits per heavy atom. The summed E-state index contributed by atoms with van der Waals surface area (Å²) in [6.07, 6.45) is 11.2. The van der Waals surface area contributed by atoms with Crippen LogP contribution < -0.4 is 9.47 Å². The van der Waals surface area contributed by atoms with E-state index in [2.05, 4.69) is 49.1 Å². The van der Waals surface area contributed by atoms with Crippen LogP contribution in [0.2, 0.25) is 0 Å². The van der Waals surface area contributed by atoms with Crippen LogP contribution in [0.5, 0.6) is 11.5 Å². The van der Waals surface area contributed by atoms with Gasteiger partial charge in [0.1, 0.15) is 11.5 Å². The van der Waals surface area contributed by atoms with Gasteiger partial charge >= 0.3 is 0 Å². The lowest BCUT2D eigenvalue weighted by molar-refractivity contribution is 0.403. The number of hydrogen-bond acceptors (Lipinski definition) is 4. The minimum absolute atomic E-state index is 0.00967. The third-order valence-electron chi connectivity index (χ3n) is 6.35. The maximum absolute atomic E-state index is 10.0. The van der Waals surface area contributed by atoms with Crippen LogP contribution in [-0.4, -0.2) is 14.2 Å². The predicted molar refractivity (Wildman–Crippen MR) is 132 cm³/mol. The van der Waals surface area contributed by atoms with E-state index >= 15 is 0 Å². The van der Waals surface area contributed by atoms with Crippen LogP contribution in [0.3, 0.4) is 0 Å². The minimum atomic E-state index is -1.19. The van der Waals surface area contributed by atoms with Crippen molar-refractivity contribution in [3.63, 3.8) is 0 Å². The number of nitriles is 2. The highest BCUT2D eigenvalue weighted by Crippen LogP contribution is 2.47. The number of nitrogens with zero attached hydrogens (tertiary/aromatic N) is 2. The summed E-state index contributed by atoms with van der Waals surface area (Å²) in [6, 6.07) is 20.6. The van der Waals surface area contributed by atoms with Crippen molar-refractivity contribution in [3.05, 3.63) is 90.0 Å². The van der Waals surface area contributed by atoms with Gasteiger partial charge in [-0.05, 0) is 66.1 Å². The smallest absolute Gasteiger partial charge is 0.168 e. The molecule has 0 amide bonds. The summed E-state index contributed by atoms with van der Waals surface area (Å²) >= 11 is 0. The summed E-state index contributed by atoms with van der Waals surface area (Å²) in [5, 5.41) is 20.1. The standard InChI is InChI=1S/C29H30N2O2/c1-4-19-29(20-30,21-31)28-8-6-5-7-27(28)26(23-12-16-25(33-3)17-13-23)18-11-22-9-14-24(32-2)15-10-22/h4,8-18,26-27H,1,5-7,19H2,2-3H3/b18-11+/t26-,27?/m0/s1. The van der Waals surface area contributed by atoms with Crippen molar-refractivity contribution in [2.45, 2.75) is 31.6 Å². The molecule has 168 valence electrons. The monoisotopic (exact) mass is 438 g/mol. The van der Waals surface area contributed by atoms with Crippen LogP contribution >= 0.6 is 0 Å². The molecule has 33 heavy (non-hydrogen) atoms. The fourth-order valence-corrected chi connectivity index (χ4v) is 4.58. The van der Waals surface area contributed by atoms with Crippen molar-refractivity contribution in [1.82, 2.24) is 0 Å². The molecule has 0 saturated heterocycles. The van der Waals surface area contributed by atoms with E-state index in [1.165, 1.54) is 0 Å². The van der Waals surface area contributed by atoms with Gasteiger partial charge in [0.2, 0.25) is 0 Å². The van der Waals surface area contributed by atoms with Gasteiger partial charge in [-0.1, -0.05) is 48.6 Å². The molecule has 0 aliphatic heterocycles. The van der Waals surface area contributed by atoms with Gasteiger partial charge in [-0.15, -0.1) is 6.58 Å². The molecular weight excluding hydrogens is 408 g/mol. The van der Waals surface area contributed by atoms with Gasteiger partial charge in [0, 0.05) is 12.3 Å². The Balaban J connectivity index is 2.06. The first-order chi connectivity index (χ1) is 16.1. The van der Waals surface area contributed by atoms with Crippen LogP contribution in [0, 0.1) is 34.0 Å². The molecule has 0 saturated carbocycles. The third kappa shape index (κ3) is 5.36. The molecule has 0 aromatic heterocycles. The zero-order chi connectivity index (χ0) is 23.7. The first kappa shape index (κ1) is 23.9. The van der Waals surface area contributed by atoms with Crippen molar-refractivity contribution >= 4 is 6.08 Å². The first-order valence-corrected chi connectivity index (χ1v) is 11.2. The van der Waals surface area contributed by atoms with Gasteiger partial charge in [0.25, 0.3) is 0 Å². The van der Waals surface area contributed by atoms with E-state index in [9.17, 15) is 10.5 Å². The van der Waals surface area contributed by atoms with Crippen molar-refractivity contribution in [1.29, 1.82) is 10.5 Å². The number of rotatable bonds is 9. The lowest BCUT2D eigenvalue weighted by atomic mass is 9.65. The van der Waals surface area contributed by atoms with Crippen LogP contribution in [0.25, 0.3) is 6.08 Å². The molecule has 2 aromatic carbocycles. The number of allylic oxidation sites excluding steroid dienone is 4. The second-order valence-corrected chi connectivity index (χ2v) is 8.25. The van der Waals surface area contributed by atoms with Gasteiger partial charge < -0.3 is 9.47 Å². The Morgan fingerprint density at radius 2 is 1.64 bits per heavy atom. The van der Waals surface area contributed by atoms with Gasteiger partial charge in [0.15, 0.2) is 5.41 Å². The zero-order valence-electron chi connectivity index (χ0n) is 19.3. The van der Waals surface area contributed by atoms with E-state index in [0.717, 1.165) is 47.5 Å². The van der Waals surface area contributed by atoms with Gasteiger partial charge in [-0.3, -0.25) is 0 Å². The number of methoxy groups -OCH3 is 2. The summed E-state index contributed by atoms with van der Waals surface area (Å²) in [6.45, 7) is 3.81. The summed E-state index contributed by atoms with van der Waals surface area (Å²) in [4.78, 5) is 0. The molecule has 0 N–H and O–H groups in total. The lowest BCUT2D eigenvalue weighted by Gasteiger charge is -2.36. The highest BCUT2D eigenvalue weighted by molar-refractivity contribution is 5.53. The van der Waals surface area contributed by atoms with Crippen LogP contribution in [-0.2, 0) is 0 Å². The molecule has 2 aromatic rings. The zero-order valence-corrected chi connectivity index (χ0v) is 19.3. The number of hydrogen-bond donors (Lipinski definition) is 0. The van der Waals surface area contributed by atoms with Crippen molar-refractivity contribution < 1.29 is 9.47 Å². The second kappa shape index (κ2) is 11.2. The van der Waals surface area contributed by atoms with E-state index in [1.807, 2.05) is 36.4 Å². The quantitative estimate of drug-likeness (QED) is 0.402. The van der Waals surface area contributed by atoms with E-state index in [-0.39, 0.29) is 11.8 Å². The Labute approximate surface area is 197 Å². The van der Waals surface area contributed by atoms with E-state index < -0.39 is 5.41 Å². The molecule has 3 rings (SSSR count). The van der Waals surface area contributed by atoms with Gasteiger partial charge in [-0.25, -0.2) is 0 Å². The molecule has 0 fully saturated rings. The number of benzene rings is 2. The molecule has 0 heterocycles. The predicted octanol–water partition coefficient (Wildman–Crippen LogP) is 6.84. The molecule has 0 radical (unpaired) electrons. The Morgan fingerprint density at radius 1 is 1.03 bits per heavy atom. The van der Waals surface area contributed by atoms with Crippen LogP contribution in [0.1, 0.15) is 42.7 Å².